The summed E-state index contributed by atoms with van der Waals surface area (Å²) in [5, 5.41) is 4.95. The summed E-state index contributed by atoms with van der Waals surface area (Å²) in [6.45, 7) is 2.11. The molecule has 0 aromatic carbocycles. The van der Waals surface area contributed by atoms with Crippen LogP contribution >= 0.6 is 11.6 Å². The summed E-state index contributed by atoms with van der Waals surface area (Å²) >= 11 is 5.85. The van der Waals surface area contributed by atoms with Crippen molar-refractivity contribution in [2.75, 3.05) is 6.61 Å². The van der Waals surface area contributed by atoms with Crippen molar-refractivity contribution < 1.29 is 9.53 Å². The van der Waals surface area contributed by atoms with E-state index in [1.165, 1.54) is 17.2 Å². The van der Waals surface area contributed by atoms with Gasteiger partial charge in [0.2, 0.25) is 0 Å². The first kappa shape index (κ1) is 10.8. The fourth-order valence-electron chi connectivity index (χ4n) is 1.31. The highest BCUT2D eigenvalue weighted by molar-refractivity contribution is 6.33. The Morgan fingerprint density at radius 3 is 3.12 bits per heavy atom. The fraction of sp³-hybridized carbons (Fsp3) is 0.333. The number of hydrogen-bond acceptors (Lipinski definition) is 5. The quantitative estimate of drug-likeness (QED) is 0.592. The van der Waals surface area contributed by atoms with Gasteiger partial charge in [0.1, 0.15) is 18.0 Å². The monoisotopic (exact) mass is 240 g/mol. The highest BCUT2D eigenvalue weighted by Crippen LogP contribution is 2.17. The predicted molar refractivity (Wildman–Crippen MR) is 57.0 cm³/mol. The average molecular weight is 241 g/mol. The maximum Gasteiger partial charge on any atom is 0.327 e. The minimum atomic E-state index is -0.359. The number of carbonyl (C=O) groups is 1. The predicted octanol–water partition coefficient (Wildman–Crippen LogP) is 1.04. The molecule has 0 spiro atoms. The largest absolute Gasteiger partial charge is 0.465 e. The molecule has 0 N–H and O–H groups in total. The van der Waals surface area contributed by atoms with Gasteiger partial charge in [0.05, 0.1) is 18.2 Å². The molecule has 2 aromatic heterocycles. The molecular formula is C9H9ClN4O2. The zero-order valence-electron chi connectivity index (χ0n) is 8.55. The molecule has 0 fully saturated rings. The highest BCUT2D eigenvalue weighted by Gasteiger charge is 2.11. The van der Waals surface area contributed by atoms with Gasteiger partial charge in [-0.2, -0.15) is 5.10 Å². The Bertz CT molecular complexity index is 525. The molecule has 2 aromatic rings. The topological polar surface area (TPSA) is 69.9 Å². The van der Waals surface area contributed by atoms with Crippen LogP contribution in [0.2, 0.25) is 5.15 Å². The van der Waals surface area contributed by atoms with Crippen molar-refractivity contribution in [2.24, 2.45) is 0 Å². The Morgan fingerprint density at radius 1 is 1.56 bits per heavy atom. The molecule has 0 aliphatic carbocycles. The number of hydrogen-bond donors (Lipinski definition) is 0. The van der Waals surface area contributed by atoms with Crippen molar-refractivity contribution >= 4 is 28.6 Å². The van der Waals surface area contributed by atoms with Crippen molar-refractivity contribution in [1.29, 1.82) is 0 Å². The van der Waals surface area contributed by atoms with E-state index >= 15 is 0 Å². The summed E-state index contributed by atoms with van der Waals surface area (Å²) in [6.07, 6.45) is 2.85. The Labute approximate surface area is 96.2 Å². The number of carbonyl (C=O) groups excluding carboxylic acids is 1. The van der Waals surface area contributed by atoms with Gasteiger partial charge in [0.15, 0.2) is 5.65 Å². The van der Waals surface area contributed by atoms with Crippen LogP contribution in [-0.2, 0) is 16.1 Å². The molecule has 0 radical (unpaired) electrons. The Kier molecular flexibility index (Phi) is 3.00. The Hall–Kier alpha value is -1.69. The van der Waals surface area contributed by atoms with E-state index in [0.717, 1.165) is 0 Å². The number of nitrogens with zero attached hydrogens (tertiary/aromatic N) is 4. The number of ether oxygens (including phenoxy) is 1. The van der Waals surface area contributed by atoms with E-state index in [4.69, 9.17) is 16.3 Å². The molecule has 84 valence electrons. The van der Waals surface area contributed by atoms with Crippen molar-refractivity contribution in [2.45, 2.75) is 13.5 Å². The van der Waals surface area contributed by atoms with E-state index in [2.05, 4.69) is 15.1 Å². The highest BCUT2D eigenvalue weighted by atomic mass is 35.5. The molecule has 6 nitrogen and oxygen atoms in total. The number of aromatic nitrogens is 4. The van der Waals surface area contributed by atoms with Gasteiger partial charge >= 0.3 is 5.97 Å². The van der Waals surface area contributed by atoms with Gasteiger partial charge in [-0.1, -0.05) is 11.6 Å². The second kappa shape index (κ2) is 4.44. The van der Waals surface area contributed by atoms with Crippen molar-refractivity contribution in [3.8, 4) is 0 Å². The van der Waals surface area contributed by atoms with Crippen LogP contribution in [0.25, 0.3) is 11.0 Å². The number of rotatable bonds is 3. The molecule has 0 saturated carbocycles. The van der Waals surface area contributed by atoms with Crippen LogP contribution in [-0.4, -0.2) is 32.3 Å². The third-order valence-corrected chi connectivity index (χ3v) is 2.27. The second-order valence-corrected chi connectivity index (χ2v) is 3.37. The molecule has 0 atom stereocenters. The van der Waals surface area contributed by atoms with Gasteiger partial charge in [-0.3, -0.25) is 4.79 Å². The van der Waals surface area contributed by atoms with Gasteiger partial charge < -0.3 is 4.74 Å². The van der Waals surface area contributed by atoms with E-state index in [-0.39, 0.29) is 12.5 Å². The lowest BCUT2D eigenvalue weighted by molar-refractivity contribution is -0.143. The molecule has 0 bridgehead atoms. The van der Waals surface area contributed by atoms with E-state index in [0.29, 0.717) is 22.8 Å². The number of fused-ring (bicyclic) bond motifs is 1. The fourth-order valence-corrected chi connectivity index (χ4v) is 1.49. The summed E-state index contributed by atoms with van der Waals surface area (Å²) < 4.78 is 6.25. The van der Waals surface area contributed by atoms with Crippen molar-refractivity contribution in [1.82, 2.24) is 19.7 Å². The molecule has 16 heavy (non-hydrogen) atoms. The SMILES string of the molecule is CCOC(=O)Cn1ncc2c(Cl)ncnc21. The van der Waals surface area contributed by atoms with Crippen LogP contribution in [0.3, 0.4) is 0 Å². The third kappa shape index (κ3) is 1.96. The van der Waals surface area contributed by atoms with Gasteiger partial charge in [0.25, 0.3) is 0 Å². The smallest absolute Gasteiger partial charge is 0.327 e. The van der Waals surface area contributed by atoms with Crippen molar-refractivity contribution in [3.05, 3.63) is 17.7 Å². The molecule has 2 rings (SSSR count). The minimum absolute atomic E-state index is 0.0185. The summed E-state index contributed by atoms with van der Waals surface area (Å²) in [7, 11) is 0. The lowest BCUT2D eigenvalue weighted by atomic mass is 10.4. The minimum Gasteiger partial charge on any atom is -0.465 e. The van der Waals surface area contributed by atoms with Crippen LogP contribution in [0.5, 0.6) is 0 Å². The average Bonchev–Trinajstić information content (AvgIpc) is 2.64. The van der Waals surface area contributed by atoms with Crippen LogP contribution in [0.4, 0.5) is 0 Å². The van der Waals surface area contributed by atoms with E-state index in [9.17, 15) is 4.79 Å². The number of halogens is 1. The van der Waals surface area contributed by atoms with Crippen LogP contribution in [0.1, 0.15) is 6.92 Å². The van der Waals surface area contributed by atoms with E-state index < -0.39 is 0 Å². The standard InChI is InChI=1S/C9H9ClN4O2/c1-2-16-7(15)4-14-9-6(3-13-14)8(10)11-5-12-9/h3,5H,2,4H2,1H3. The summed E-state index contributed by atoms with van der Waals surface area (Å²) in [6, 6.07) is 0. The zero-order valence-corrected chi connectivity index (χ0v) is 9.31. The van der Waals surface area contributed by atoms with E-state index in [1.807, 2.05) is 0 Å². The molecule has 7 heteroatoms. The Balaban J connectivity index is 2.32. The molecule has 0 aliphatic heterocycles. The molecule has 0 aliphatic rings. The summed E-state index contributed by atoms with van der Waals surface area (Å²) in [5.74, 6) is -0.359. The van der Waals surface area contributed by atoms with Gasteiger partial charge in [-0.15, -0.1) is 0 Å². The van der Waals surface area contributed by atoms with Crippen LogP contribution in [0.15, 0.2) is 12.5 Å². The first-order valence-electron chi connectivity index (χ1n) is 4.70. The lowest BCUT2D eigenvalue weighted by Crippen LogP contribution is -2.14. The van der Waals surface area contributed by atoms with Crippen LogP contribution in [0, 0.1) is 0 Å². The maximum atomic E-state index is 11.3. The normalized spacial score (nSPS) is 10.6. The molecular weight excluding hydrogens is 232 g/mol. The van der Waals surface area contributed by atoms with Gasteiger partial charge in [0, 0.05) is 0 Å². The van der Waals surface area contributed by atoms with Gasteiger partial charge in [-0.05, 0) is 6.92 Å². The van der Waals surface area contributed by atoms with Crippen molar-refractivity contribution in [3.63, 3.8) is 0 Å². The summed E-state index contributed by atoms with van der Waals surface area (Å²) in [5.41, 5.74) is 0.521. The summed E-state index contributed by atoms with van der Waals surface area (Å²) in [4.78, 5) is 19.1. The molecule has 0 saturated heterocycles. The Morgan fingerprint density at radius 2 is 2.38 bits per heavy atom. The first-order chi connectivity index (χ1) is 7.72. The molecule has 0 unspecified atom stereocenters. The molecule has 0 amide bonds. The second-order valence-electron chi connectivity index (χ2n) is 3.01. The molecule has 2 heterocycles. The van der Waals surface area contributed by atoms with Crippen LogP contribution < -0.4 is 0 Å². The first-order valence-corrected chi connectivity index (χ1v) is 5.07. The maximum absolute atomic E-state index is 11.3. The van der Waals surface area contributed by atoms with E-state index in [1.54, 1.807) is 6.92 Å². The van der Waals surface area contributed by atoms with Gasteiger partial charge in [-0.25, -0.2) is 14.6 Å². The number of esters is 1. The lowest BCUT2D eigenvalue weighted by Gasteiger charge is -2.02. The third-order valence-electron chi connectivity index (χ3n) is 1.97. The zero-order chi connectivity index (χ0) is 11.5.